The van der Waals surface area contributed by atoms with E-state index >= 15 is 0 Å². The molecule has 0 spiro atoms. The summed E-state index contributed by atoms with van der Waals surface area (Å²) in [7, 11) is 0. The maximum Gasteiger partial charge on any atom is 0.173 e. The van der Waals surface area contributed by atoms with Crippen molar-refractivity contribution in [3.05, 3.63) is 65.5 Å². The average Bonchev–Trinajstić information content (AvgIpc) is 2.45. The Morgan fingerprint density at radius 1 is 1.21 bits per heavy atom. The fourth-order valence-electron chi connectivity index (χ4n) is 1.62. The van der Waals surface area contributed by atoms with E-state index in [0.29, 0.717) is 5.56 Å². The lowest BCUT2D eigenvalue weighted by atomic mass is 10.2. The SMILES string of the molecule is NC(=NO)c1ccc(F)cc1OCc1ccccc1. The van der Waals surface area contributed by atoms with Gasteiger partial charge in [-0.1, -0.05) is 35.5 Å². The minimum Gasteiger partial charge on any atom is -0.488 e. The van der Waals surface area contributed by atoms with E-state index in [2.05, 4.69) is 5.16 Å². The van der Waals surface area contributed by atoms with Crippen LogP contribution in [0.5, 0.6) is 5.75 Å². The number of hydrogen-bond acceptors (Lipinski definition) is 3. The zero-order valence-corrected chi connectivity index (χ0v) is 10.1. The minimum atomic E-state index is -0.447. The van der Waals surface area contributed by atoms with E-state index in [1.807, 2.05) is 30.3 Å². The summed E-state index contributed by atoms with van der Waals surface area (Å²) < 4.78 is 18.7. The molecule has 98 valence electrons. The lowest BCUT2D eigenvalue weighted by Crippen LogP contribution is -2.15. The summed E-state index contributed by atoms with van der Waals surface area (Å²) in [5.74, 6) is -0.334. The first kappa shape index (κ1) is 12.9. The van der Waals surface area contributed by atoms with Crippen LogP contribution in [0.3, 0.4) is 0 Å². The molecule has 0 saturated heterocycles. The number of benzene rings is 2. The Bertz CT molecular complexity index is 585. The highest BCUT2D eigenvalue weighted by molar-refractivity contribution is 5.99. The van der Waals surface area contributed by atoms with Crippen LogP contribution in [0.25, 0.3) is 0 Å². The highest BCUT2D eigenvalue weighted by atomic mass is 19.1. The van der Waals surface area contributed by atoms with E-state index in [0.717, 1.165) is 5.56 Å². The van der Waals surface area contributed by atoms with Gasteiger partial charge in [-0.2, -0.15) is 0 Å². The molecule has 0 radical (unpaired) electrons. The summed E-state index contributed by atoms with van der Waals surface area (Å²) >= 11 is 0. The second-order valence-electron chi connectivity index (χ2n) is 3.90. The predicted molar refractivity (Wildman–Crippen MR) is 69.7 cm³/mol. The molecule has 0 fully saturated rings. The topological polar surface area (TPSA) is 67.8 Å². The molecule has 2 aromatic carbocycles. The van der Waals surface area contributed by atoms with Crippen molar-refractivity contribution in [2.24, 2.45) is 10.9 Å². The molecule has 3 N–H and O–H groups in total. The third-order valence-electron chi connectivity index (χ3n) is 2.56. The Labute approximate surface area is 109 Å². The number of nitrogens with two attached hydrogens (primary N) is 1. The molecule has 0 aromatic heterocycles. The highest BCUT2D eigenvalue weighted by Crippen LogP contribution is 2.21. The van der Waals surface area contributed by atoms with Crippen molar-refractivity contribution in [1.29, 1.82) is 0 Å². The molecule has 0 amide bonds. The van der Waals surface area contributed by atoms with Crippen LogP contribution < -0.4 is 10.5 Å². The zero-order valence-electron chi connectivity index (χ0n) is 10.1. The first-order chi connectivity index (χ1) is 9.20. The van der Waals surface area contributed by atoms with Crippen LogP contribution in [0.2, 0.25) is 0 Å². The van der Waals surface area contributed by atoms with E-state index in [9.17, 15) is 4.39 Å². The number of oxime groups is 1. The fraction of sp³-hybridized carbons (Fsp3) is 0.0714. The van der Waals surface area contributed by atoms with E-state index in [1.165, 1.54) is 18.2 Å². The molecule has 0 unspecified atom stereocenters. The Balaban J connectivity index is 2.21. The van der Waals surface area contributed by atoms with Crippen molar-refractivity contribution in [1.82, 2.24) is 0 Å². The third kappa shape index (κ3) is 3.22. The van der Waals surface area contributed by atoms with E-state index in [4.69, 9.17) is 15.7 Å². The number of amidine groups is 1. The van der Waals surface area contributed by atoms with Gasteiger partial charge in [0.15, 0.2) is 5.84 Å². The van der Waals surface area contributed by atoms with Gasteiger partial charge in [0.1, 0.15) is 18.2 Å². The van der Waals surface area contributed by atoms with Crippen molar-refractivity contribution < 1.29 is 14.3 Å². The molecule has 0 aliphatic heterocycles. The van der Waals surface area contributed by atoms with Crippen LogP contribution in [0, 0.1) is 5.82 Å². The molecule has 0 saturated carbocycles. The van der Waals surface area contributed by atoms with Gasteiger partial charge in [-0.15, -0.1) is 0 Å². The van der Waals surface area contributed by atoms with Gasteiger partial charge in [-0.25, -0.2) is 4.39 Å². The monoisotopic (exact) mass is 260 g/mol. The Morgan fingerprint density at radius 2 is 1.95 bits per heavy atom. The molecule has 19 heavy (non-hydrogen) atoms. The van der Waals surface area contributed by atoms with Crippen molar-refractivity contribution in [3.8, 4) is 5.75 Å². The van der Waals surface area contributed by atoms with E-state index < -0.39 is 5.82 Å². The van der Waals surface area contributed by atoms with Crippen LogP contribution >= 0.6 is 0 Å². The Hall–Kier alpha value is -2.56. The number of nitrogens with zero attached hydrogens (tertiary/aromatic N) is 1. The zero-order chi connectivity index (χ0) is 13.7. The molecule has 2 rings (SSSR count). The molecule has 4 nitrogen and oxygen atoms in total. The maximum atomic E-state index is 13.2. The van der Waals surface area contributed by atoms with Gasteiger partial charge >= 0.3 is 0 Å². The highest BCUT2D eigenvalue weighted by Gasteiger charge is 2.10. The quantitative estimate of drug-likeness (QED) is 0.384. The van der Waals surface area contributed by atoms with Crippen molar-refractivity contribution >= 4 is 5.84 Å². The van der Waals surface area contributed by atoms with Gasteiger partial charge in [-0.05, 0) is 17.7 Å². The molecule has 2 aromatic rings. The molecular weight excluding hydrogens is 247 g/mol. The van der Waals surface area contributed by atoms with Gasteiger partial charge in [0, 0.05) is 6.07 Å². The van der Waals surface area contributed by atoms with E-state index in [-0.39, 0.29) is 18.2 Å². The summed E-state index contributed by atoms with van der Waals surface area (Å²) in [6.45, 7) is 0.274. The standard InChI is InChI=1S/C14H13FN2O2/c15-11-6-7-12(14(16)17-18)13(8-11)19-9-10-4-2-1-3-5-10/h1-8,18H,9H2,(H2,16,17). The number of hydrogen-bond donors (Lipinski definition) is 2. The Kier molecular flexibility index (Phi) is 3.97. The normalized spacial score (nSPS) is 11.3. The summed E-state index contributed by atoms with van der Waals surface area (Å²) in [5, 5.41) is 11.6. The van der Waals surface area contributed by atoms with Gasteiger partial charge in [-0.3, -0.25) is 0 Å². The Morgan fingerprint density at radius 3 is 2.63 bits per heavy atom. The molecule has 0 aliphatic rings. The summed E-state index contributed by atoms with van der Waals surface area (Å²) in [4.78, 5) is 0. The number of rotatable bonds is 4. The lowest BCUT2D eigenvalue weighted by molar-refractivity contribution is 0.301. The van der Waals surface area contributed by atoms with Crippen molar-refractivity contribution in [2.45, 2.75) is 6.61 Å². The minimum absolute atomic E-state index is 0.122. The summed E-state index contributed by atoms with van der Waals surface area (Å²) in [6, 6.07) is 13.3. The molecule has 0 atom stereocenters. The second kappa shape index (κ2) is 5.86. The van der Waals surface area contributed by atoms with Gasteiger partial charge in [0.25, 0.3) is 0 Å². The van der Waals surface area contributed by atoms with Gasteiger partial charge in [0.2, 0.25) is 0 Å². The van der Waals surface area contributed by atoms with Crippen molar-refractivity contribution in [3.63, 3.8) is 0 Å². The summed E-state index contributed by atoms with van der Waals surface area (Å²) in [6.07, 6.45) is 0. The third-order valence-corrected chi connectivity index (χ3v) is 2.56. The van der Waals surface area contributed by atoms with E-state index in [1.54, 1.807) is 0 Å². The summed E-state index contributed by atoms with van der Waals surface area (Å²) in [5.41, 5.74) is 6.80. The molecule has 0 bridgehead atoms. The van der Waals surface area contributed by atoms with Crippen LogP contribution in [-0.4, -0.2) is 11.0 Å². The molecule has 0 aliphatic carbocycles. The van der Waals surface area contributed by atoms with Gasteiger partial charge < -0.3 is 15.7 Å². The number of ether oxygens (including phenoxy) is 1. The average molecular weight is 260 g/mol. The first-order valence-corrected chi connectivity index (χ1v) is 5.65. The van der Waals surface area contributed by atoms with Crippen LogP contribution in [0.4, 0.5) is 4.39 Å². The second-order valence-corrected chi connectivity index (χ2v) is 3.90. The lowest BCUT2D eigenvalue weighted by Gasteiger charge is -2.10. The predicted octanol–water partition coefficient (Wildman–Crippen LogP) is 2.50. The van der Waals surface area contributed by atoms with Crippen LogP contribution in [0.15, 0.2) is 53.7 Å². The molecular formula is C14H13FN2O2. The maximum absolute atomic E-state index is 13.2. The van der Waals surface area contributed by atoms with Gasteiger partial charge in [0.05, 0.1) is 5.56 Å². The first-order valence-electron chi connectivity index (χ1n) is 5.65. The molecule has 5 heteroatoms. The van der Waals surface area contributed by atoms with Crippen LogP contribution in [0.1, 0.15) is 11.1 Å². The van der Waals surface area contributed by atoms with Crippen molar-refractivity contribution in [2.75, 3.05) is 0 Å². The van der Waals surface area contributed by atoms with Crippen LogP contribution in [-0.2, 0) is 6.61 Å². The smallest absolute Gasteiger partial charge is 0.173 e. The fourth-order valence-corrected chi connectivity index (χ4v) is 1.62. The number of halogens is 1. The molecule has 0 heterocycles. The largest absolute Gasteiger partial charge is 0.488 e.